The topological polar surface area (TPSA) is 12.9 Å². The third-order valence-corrected chi connectivity index (χ3v) is 3.64. The Morgan fingerprint density at radius 3 is 2.62 bits per heavy atom. The minimum Gasteiger partial charge on any atom is -0.241 e. The Balaban J connectivity index is 2.21. The number of hydrogen-bond acceptors (Lipinski definition) is 2. The molecule has 16 heavy (non-hydrogen) atoms. The summed E-state index contributed by atoms with van der Waals surface area (Å²) in [5.74, 6) is 0.637. The van der Waals surface area contributed by atoms with E-state index in [1.165, 1.54) is 11.1 Å². The van der Waals surface area contributed by atoms with E-state index in [9.17, 15) is 0 Å². The van der Waals surface area contributed by atoms with Gasteiger partial charge in [0.25, 0.3) is 0 Å². The highest BCUT2D eigenvalue weighted by molar-refractivity contribution is 7.13. The normalized spacial score (nSPS) is 10.6. The molecule has 0 N–H and O–H groups in total. The molecule has 2 rings (SSSR count). The van der Waals surface area contributed by atoms with E-state index in [0.29, 0.717) is 5.88 Å². The highest BCUT2D eigenvalue weighted by Crippen LogP contribution is 2.24. The first-order valence-corrected chi connectivity index (χ1v) is 6.84. The quantitative estimate of drug-likeness (QED) is 0.744. The zero-order chi connectivity index (χ0) is 11.4. The van der Waals surface area contributed by atoms with Crippen LogP contribution in [0.4, 0.5) is 0 Å². The summed E-state index contributed by atoms with van der Waals surface area (Å²) in [6, 6.07) is 8.61. The van der Waals surface area contributed by atoms with Gasteiger partial charge in [0.2, 0.25) is 0 Å². The molecule has 0 saturated heterocycles. The van der Waals surface area contributed by atoms with Gasteiger partial charge in [0.05, 0.1) is 5.69 Å². The molecule has 3 heteroatoms. The first-order chi connectivity index (χ1) is 7.83. The molecule has 0 fully saturated rings. The lowest BCUT2D eigenvalue weighted by Gasteiger charge is -1.98. The van der Waals surface area contributed by atoms with E-state index in [4.69, 9.17) is 11.6 Å². The van der Waals surface area contributed by atoms with Crippen molar-refractivity contribution in [3.05, 3.63) is 40.9 Å². The van der Waals surface area contributed by atoms with Crippen molar-refractivity contribution >= 4 is 22.9 Å². The third-order valence-electron chi connectivity index (χ3n) is 2.51. The van der Waals surface area contributed by atoms with Crippen LogP contribution in [0, 0.1) is 0 Å². The first kappa shape index (κ1) is 11.6. The Hall–Kier alpha value is -0.860. The van der Waals surface area contributed by atoms with Crippen LogP contribution in [-0.2, 0) is 12.8 Å². The van der Waals surface area contributed by atoms with E-state index in [2.05, 4.69) is 41.6 Å². The van der Waals surface area contributed by atoms with E-state index in [1.807, 2.05) is 0 Å². The van der Waals surface area contributed by atoms with Crippen molar-refractivity contribution in [3.63, 3.8) is 0 Å². The number of thiazole rings is 1. The molecule has 0 aliphatic rings. The summed E-state index contributed by atoms with van der Waals surface area (Å²) in [5, 5.41) is 3.17. The maximum atomic E-state index is 5.70. The number of hydrogen-bond donors (Lipinski definition) is 0. The van der Waals surface area contributed by atoms with E-state index in [-0.39, 0.29) is 0 Å². The van der Waals surface area contributed by atoms with Crippen LogP contribution < -0.4 is 0 Å². The molecule has 0 bridgehead atoms. The summed E-state index contributed by atoms with van der Waals surface area (Å²) >= 11 is 7.38. The van der Waals surface area contributed by atoms with Gasteiger partial charge in [0.1, 0.15) is 5.01 Å². The van der Waals surface area contributed by atoms with Crippen LogP contribution in [-0.4, -0.2) is 10.9 Å². The smallest absolute Gasteiger partial charge is 0.123 e. The molecule has 1 aromatic heterocycles. The molecule has 0 radical (unpaired) electrons. The van der Waals surface area contributed by atoms with Crippen LogP contribution in [0.15, 0.2) is 29.6 Å². The summed E-state index contributed by atoms with van der Waals surface area (Å²) < 4.78 is 0. The van der Waals surface area contributed by atoms with E-state index in [1.54, 1.807) is 11.3 Å². The summed E-state index contributed by atoms with van der Waals surface area (Å²) in [7, 11) is 0. The second-order valence-electron chi connectivity index (χ2n) is 3.63. The number of benzene rings is 1. The van der Waals surface area contributed by atoms with Gasteiger partial charge in [0.15, 0.2) is 0 Å². The second kappa shape index (κ2) is 5.46. The van der Waals surface area contributed by atoms with E-state index >= 15 is 0 Å². The maximum absolute atomic E-state index is 5.70. The number of nitrogens with zero attached hydrogens (tertiary/aromatic N) is 1. The molecule has 0 amide bonds. The van der Waals surface area contributed by atoms with Crippen molar-refractivity contribution in [2.24, 2.45) is 0 Å². The lowest BCUT2D eigenvalue weighted by molar-refractivity contribution is 1.07. The summed E-state index contributed by atoms with van der Waals surface area (Å²) in [5.41, 5.74) is 3.65. The standard InChI is InChI=1S/C13H14ClNS/c1-2-10-3-5-11(6-4-10)13-15-12(7-8-14)9-16-13/h3-6,9H,2,7-8H2,1H3. The molecule has 0 aliphatic carbocycles. The van der Waals surface area contributed by atoms with E-state index in [0.717, 1.165) is 23.5 Å². The molecule has 2 aromatic rings. The Labute approximate surface area is 105 Å². The molecule has 0 spiro atoms. The van der Waals surface area contributed by atoms with Crippen LogP contribution >= 0.6 is 22.9 Å². The average Bonchev–Trinajstić information content (AvgIpc) is 2.78. The largest absolute Gasteiger partial charge is 0.241 e. The van der Waals surface area contributed by atoms with Crippen LogP contribution in [0.5, 0.6) is 0 Å². The predicted octanol–water partition coefficient (Wildman–Crippen LogP) is 4.15. The maximum Gasteiger partial charge on any atom is 0.123 e. The fraction of sp³-hybridized carbons (Fsp3) is 0.308. The van der Waals surface area contributed by atoms with Crippen molar-refractivity contribution in [2.45, 2.75) is 19.8 Å². The van der Waals surface area contributed by atoms with Crippen molar-refractivity contribution < 1.29 is 0 Å². The number of aromatic nitrogens is 1. The lowest BCUT2D eigenvalue weighted by atomic mass is 10.1. The Kier molecular flexibility index (Phi) is 3.97. The van der Waals surface area contributed by atoms with Crippen LogP contribution in [0.2, 0.25) is 0 Å². The highest BCUT2D eigenvalue weighted by atomic mass is 35.5. The van der Waals surface area contributed by atoms with Gasteiger partial charge in [-0.05, 0) is 12.0 Å². The van der Waals surface area contributed by atoms with Gasteiger partial charge in [0, 0.05) is 23.2 Å². The zero-order valence-corrected chi connectivity index (χ0v) is 10.8. The summed E-state index contributed by atoms with van der Waals surface area (Å²) in [6.45, 7) is 2.16. The molecule has 1 aromatic carbocycles. The van der Waals surface area contributed by atoms with Gasteiger partial charge >= 0.3 is 0 Å². The van der Waals surface area contributed by atoms with Crippen molar-refractivity contribution in [1.82, 2.24) is 4.98 Å². The SMILES string of the molecule is CCc1ccc(-c2nc(CCCl)cs2)cc1. The molecule has 0 atom stereocenters. The van der Waals surface area contributed by atoms with Crippen molar-refractivity contribution in [2.75, 3.05) is 5.88 Å². The molecular formula is C13H14ClNS. The number of aryl methyl sites for hydroxylation is 2. The van der Waals surface area contributed by atoms with Gasteiger partial charge < -0.3 is 0 Å². The highest BCUT2D eigenvalue weighted by Gasteiger charge is 2.04. The molecule has 0 aliphatic heterocycles. The zero-order valence-electron chi connectivity index (χ0n) is 9.24. The fourth-order valence-electron chi connectivity index (χ4n) is 1.53. The minimum atomic E-state index is 0.637. The first-order valence-electron chi connectivity index (χ1n) is 5.43. The third kappa shape index (κ3) is 2.63. The number of alkyl halides is 1. The molecule has 84 valence electrons. The molecule has 1 nitrogen and oxygen atoms in total. The summed E-state index contributed by atoms with van der Waals surface area (Å²) in [4.78, 5) is 4.56. The van der Waals surface area contributed by atoms with Crippen LogP contribution in [0.3, 0.4) is 0 Å². The van der Waals surface area contributed by atoms with Crippen molar-refractivity contribution in [1.29, 1.82) is 0 Å². The van der Waals surface area contributed by atoms with Gasteiger partial charge in [-0.15, -0.1) is 22.9 Å². The Bertz CT molecular complexity index is 447. The average molecular weight is 252 g/mol. The van der Waals surface area contributed by atoms with Crippen molar-refractivity contribution in [3.8, 4) is 10.6 Å². The second-order valence-corrected chi connectivity index (χ2v) is 4.87. The minimum absolute atomic E-state index is 0.637. The summed E-state index contributed by atoms with van der Waals surface area (Å²) in [6.07, 6.45) is 1.93. The molecule has 1 heterocycles. The van der Waals surface area contributed by atoms with Gasteiger partial charge in [-0.3, -0.25) is 0 Å². The Morgan fingerprint density at radius 1 is 1.25 bits per heavy atom. The van der Waals surface area contributed by atoms with Gasteiger partial charge in [-0.1, -0.05) is 31.2 Å². The van der Waals surface area contributed by atoms with Crippen LogP contribution in [0.25, 0.3) is 10.6 Å². The van der Waals surface area contributed by atoms with Gasteiger partial charge in [-0.25, -0.2) is 4.98 Å². The molecule has 0 saturated carbocycles. The monoisotopic (exact) mass is 251 g/mol. The van der Waals surface area contributed by atoms with E-state index < -0.39 is 0 Å². The fourth-order valence-corrected chi connectivity index (χ4v) is 2.59. The predicted molar refractivity (Wildman–Crippen MR) is 71.4 cm³/mol. The number of halogens is 1. The van der Waals surface area contributed by atoms with Gasteiger partial charge in [-0.2, -0.15) is 0 Å². The number of rotatable bonds is 4. The van der Waals surface area contributed by atoms with Crippen LogP contribution in [0.1, 0.15) is 18.2 Å². The molecule has 0 unspecified atom stereocenters. The lowest BCUT2D eigenvalue weighted by Crippen LogP contribution is -1.86. The molecular weight excluding hydrogens is 238 g/mol. The Morgan fingerprint density at radius 2 is 2.00 bits per heavy atom.